The Bertz CT molecular complexity index is 1070. The van der Waals surface area contributed by atoms with Gasteiger partial charge in [0.05, 0.1) is 29.2 Å². The topological polar surface area (TPSA) is 71.3 Å². The number of hydrogen-bond acceptors (Lipinski definition) is 5. The van der Waals surface area contributed by atoms with Gasteiger partial charge in [-0.05, 0) is 35.6 Å². The summed E-state index contributed by atoms with van der Waals surface area (Å²) in [6, 6.07) is 11.8. The van der Waals surface area contributed by atoms with Gasteiger partial charge in [0, 0.05) is 17.8 Å². The number of nitrogens with zero attached hydrogens (tertiary/aromatic N) is 3. The molecule has 1 amide bonds. The Morgan fingerprint density at radius 1 is 1.19 bits per heavy atom. The summed E-state index contributed by atoms with van der Waals surface area (Å²) in [5.41, 5.74) is 4.46. The predicted octanol–water partition coefficient (Wildman–Crippen LogP) is 4.34. The van der Waals surface area contributed by atoms with E-state index in [1.807, 2.05) is 54.9 Å². The molecule has 4 rings (SSSR count). The summed E-state index contributed by atoms with van der Waals surface area (Å²) in [5.74, 6) is -0.0353. The molecule has 0 unspecified atom stereocenters. The molecule has 7 heteroatoms. The van der Waals surface area contributed by atoms with Crippen molar-refractivity contribution in [3.8, 4) is 11.1 Å². The smallest absolute Gasteiger partial charge is 0.261 e. The molecule has 136 valence electrons. The van der Waals surface area contributed by atoms with Crippen LogP contribution in [0.2, 0.25) is 0 Å². The fraction of sp³-hybridized carbons (Fsp3) is 0.150. The van der Waals surface area contributed by atoms with Crippen LogP contribution < -0.4 is 10.6 Å². The van der Waals surface area contributed by atoms with Crippen LogP contribution in [-0.2, 0) is 0 Å². The molecule has 27 heavy (non-hydrogen) atoms. The zero-order valence-electron chi connectivity index (χ0n) is 14.8. The third kappa shape index (κ3) is 3.68. The normalized spacial score (nSPS) is 10.9. The minimum Gasteiger partial charge on any atom is -0.353 e. The van der Waals surface area contributed by atoms with Gasteiger partial charge in [-0.25, -0.2) is 9.50 Å². The second-order valence-electron chi connectivity index (χ2n) is 6.12. The molecular weight excluding hydrogens is 358 g/mol. The van der Waals surface area contributed by atoms with Crippen molar-refractivity contribution in [3.63, 3.8) is 0 Å². The molecule has 3 aromatic heterocycles. The predicted molar refractivity (Wildman–Crippen MR) is 109 cm³/mol. The highest BCUT2D eigenvalue weighted by Crippen LogP contribution is 2.29. The van der Waals surface area contributed by atoms with Gasteiger partial charge in [0.2, 0.25) is 0 Å². The number of rotatable bonds is 6. The fourth-order valence-corrected chi connectivity index (χ4v) is 3.58. The first-order valence-electron chi connectivity index (χ1n) is 8.77. The minimum absolute atomic E-state index is 0.0353. The number of anilines is 2. The number of benzene rings is 1. The fourth-order valence-electron chi connectivity index (χ4n) is 2.75. The molecule has 0 aliphatic heterocycles. The van der Waals surface area contributed by atoms with Gasteiger partial charge in [0.25, 0.3) is 5.91 Å². The third-order valence-electron chi connectivity index (χ3n) is 4.09. The van der Waals surface area contributed by atoms with E-state index in [9.17, 15) is 4.79 Å². The van der Waals surface area contributed by atoms with Gasteiger partial charge < -0.3 is 10.6 Å². The van der Waals surface area contributed by atoms with Crippen LogP contribution in [-0.4, -0.2) is 27.0 Å². The van der Waals surface area contributed by atoms with Crippen molar-refractivity contribution < 1.29 is 4.79 Å². The molecule has 0 atom stereocenters. The highest BCUT2D eigenvalue weighted by Gasteiger charge is 2.14. The molecule has 0 aliphatic carbocycles. The van der Waals surface area contributed by atoms with E-state index in [0.29, 0.717) is 11.4 Å². The summed E-state index contributed by atoms with van der Waals surface area (Å²) in [7, 11) is 0. The van der Waals surface area contributed by atoms with E-state index in [1.165, 1.54) is 11.3 Å². The molecule has 0 aliphatic rings. The van der Waals surface area contributed by atoms with Crippen LogP contribution in [0, 0.1) is 0 Å². The Hall–Kier alpha value is -3.19. The molecule has 0 saturated carbocycles. The van der Waals surface area contributed by atoms with Crippen molar-refractivity contribution >= 4 is 34.3 Å². The highest BCUT2D eigenvalue weighted by molar-refractivity contribution is 7.12. The molecule has 0 bridgehead atoms. The molecule has 2 N–H and O–H groups in total. The molecule has 0 fully saturated rings. The van der Waals surface area contributed by atoms with Crippen molar-refractivity contribution in [3.05, 3.63) is 65.2 Å². The first-order valence-corrected chi connectivity index (χ1v) is 9.65. The second kappa shape index (κ2) is 7.59. The highest BCUT2D eigenvalue weighted by atomic mass is 32.1. The standard InChI is InChI=1S/C20H19N5OS/c1-2-8-21-20(26)18-9-14(13-27-18)17-11-23-25-12-16(10-22-19(17)25)24-15-6-4-3-5-7-15/h3-7,9-13,24H,2,8H2,1H3,(H,21,26). The molecule has 4 aromatic rings. The van der Waals surface area contributed by atoms with Gasteiger partial charge in [-0.15, -0.1) is 11.3 Å². The molecule has 0 radical (unpaired) electrons. The van der Waals surface area contributed by atoms with Crippen molar-refractivity contribution in [2.24, 2.45) is 0 Å². The quantitative estimate of drug-likeness (QED) is 0.524. The Kier molecular flexibility index (Phi) is 4.84. The van der Waals surface area contributed by atoms with Crippen molar-refractivity contribution in [1.29, 1.82) is 0 Å². The lowest BCUT2D eigenvalue weighted by molar-refractivity contribution is 0.0957. The van der Waals surface area contributed by atoms with Crippen LogP contribution in [0.1, 0.15) is 23.0 Å². The molecule has 3 heterocycles. The summed E-state index contributed by atoms with van der Waals surface area (Å²) in [4.78, 5) is 17.4. The average molecular weight is 377 g/mol. The number of aromatic nitrogens is 3. The van der Waals surface area contributed by atoms with E-state index in [4.69, 9.17) is 0 Å². The summed E-state index contributed by atoms with van der Waals surface area (Å²) in [5, 5.41) is 12.6. The van der Waals surface area contributed by atoms with Crippen LogP contribution in [0.25, 0.3) is 16.8 Å². The van der Waals surface area contributed by atoms with Gasteiger partial charge >= 0.3 is 0 Å². The van der Waals surface area contributed by atoms with Crippen LogP contribution in [0.3, 0.4) is 0 Å². The largest absolute Gasteiger partial charge is 0.353 e. The Morgan fingerprint density at radius 2 is 2.04 bits per heavy atom. The molecular formula is C20H19N5OS. The lowest BCUT2D eigenvalue weighted by Gasteiger charge is -2.06. The summed E-state index contributed by atoms with van der Waals surface area (Å²) in [6.45, 7) is 2.72. The SMILES string of the molecule is CCCNC(=O)c1cc(-c2cnn3cc(Nc4ccccc4)cnc23)cs1. The summed E-state index contributed by atoms with van der Waals surface area (Å²) in [6.07, 6.45) is 6.39. The number of carbonyl (C=O) groups is 1. The van der Waals surface area contributed by atoms with Crippen LogP contribution >= 0.6 is 11.3 Å². The van der Waals surface area contributed by atoms with Crippen molar-refractivity contribution in [2.45, 2.75) is 13.3 Å². The molecule has 0 spiro atoms. The minimum atomic E-state index is -0.0353. The number of para-hydroxylation sites is 1. The van der Waals surface area contributed by atoms with Crippen LogP contribution in [0.5, 0.6) is 0 Å². The van der Waals surface area contributed by atoms with Crippen molar-refractivity contribution in [1.82, 2.24) is 19.9 Å². The Labute approximate surface area is 160 Å². The zero-order chi connectivity index (χ0) is 18.6. The van der Waals surface area contributed by atoms with Gasteiger partial charge in [-0.3, -0.25) is 4.79 Å². The number of nitrogens with one attached hydrogen (secondary N) is 2. The first kappa shape index (κ1) is 17.2. The number of amides is 1. The van der Waals surface area contributed by atoms with E-state index >= 15 is 0 Å². The summed E-state index contributed by atoms with van der Waals surface area (Å²) < 4.78 is 1.75. The van der Waals surface area contributed by atoms with Gasteiger partial charge in [0.1, 0.15) is 0 Å². The lowest BCUT2D eigenvalue weighted by Crippen LogP contribution is -2.22. The monoisotopic (exact) mass is 377 g/mol. The Balaban J connectivity index is 1.59. The van der Waals surface area contributed by atoms with Gasteiger partial charge in [0.15, 0.2) is 5.65 Å². The molecule has 0 saturated heterocycles. The molecule has 6 nitrogen and oxygen atoms in total. The zero-order valence-corrected chi connectivity index (χ0v) is 15.7. The van der Waals surface area contributed by atoms with E-state index in [-0.39, 0.29) is 5.91 Å². The number of carbonyl (C=O) groups excluding carboxylic acids is 1. The van der Waals surface area contributed by atoms with E-state index < -0.39 is 0 Å². The maximum atomic E-state index is 12.1. The second-order valence-corrected chi connectivity index (χ2v) is 7.03. The van der Waals surface area contributed by atoms with E-state index in [2.05, 4.69) is 20.7 Å². The number of thiophene rings is 1. The maximum absolute atomic E-state index is 12.1. The van der Waals surface area contributed by atoms with Crippen LogP contribution in [0.15, 0.2) is 60.4 Å². The first-order chi connectivity index (χ1) is 13.2. The number of hydrogen-bond donors (Lipinski definition) is 2. The van der Waals surface area contributed by atoms with Crippen molar-refractivity contribution in [2.75, 3.05) is 11.9 Å². The van der Waals surface area contributed by atoms with Gasteiger partial charge in [-0.2, -0.15) is 5.10 Å². The van der Waals surface area contributed by atoms with E-state index in [0.717, 1.165) is 34.6 Å². The number of fused-ring (bicyclic) bond motifs is 1. The van der Waals surface area contributed by atoms with E-state index in [1.54, 1.807) is 16.9 Å². The lowest BCUT2D eigenvalue weighted by atomic mass is 10.2. The van der Waals surface area contributed by atoms with Gasteiger partial charge in [-0.1, -0.05) is 25.1 Å². The Morgan fingerprint density at radius 3 is 2.85 bits per heavy atom. The van der Waals surface area contributed by atoms with Crippen LogP contribution in [0.4, 0.5) is 11.4 Å². The third-order valence-corrected chi connectivity index (χ3v) is 5.02. The molecule has 1 aromatic carbocycles. The average Bonchev–Trinajstić information content (AvgIpc) is 3.33. The summed E-state index contributed by atoms with van der Waals surface area (Å²) >= 11 is 1.43. The maximum Gasteiger partial charge on any atom is 0.261 e.